The molecule has 1 fully saturated rings. The van der Waals surface area contributed by atoms with Crippen molar-refractivity contribution in [2.24, 2.45) is 5.92 Å². The Morgan fingerprint density at radius 2 is 2.00 bits per heavy atom. The topological polar surface area (TPSA) is 67.8 Å². The molecule has 0 aromatic carbocycles. The summed E-state index contributed by atoms with van der Waals surface area (Å²) in [6.07, 6.45) is -0.0480. The second-order valence-electron chi connectivity index (χ2n) is 5.99. The molecule has 5 nitrogen and oxygen atoms in total. The van der Waals surface area contributed by atoms with Gasteiger partial charge in [0.25, 0.3) is 7.52 Å². The fraction of sp³-hybridized carbons (Fsp3) is 1.00. The van der Waals surface area contributed by atoms with Gasteiger partial charge >= 0.3 is 0 Å². The van der Waals surface area contributed by atoms with E-state index in [4.69, 9.17) is 9.47 Å². The highest BCUT2D eigenvalue weighted by Crippen LogP contribution is 2.44. The lowest BCUT2D eigenvalue weighted by atomic mass is 9.85. The van der Waals surface area contributed by atoms with Gasteiger partial charge < -0.3 is 14.4 Å². The Bertz CT molecular complexity index is 340. The number of hydrogen-bond donors (Lipinski definition) is 2. The summed E-state index contributed by atoms with van der Waals surface area (Å²) in [5.74, 6) is 0.181. The molecule has 7 heteroatoms. The molecule has 0 amide bonds. The second-order valence-corrected chi connectivity index (χ2v) is 8.53. The van der Waals surface area contributed by atoms with Crippen molar-refractivity contribution in [3.63, 3.8) is 0 Å². The van der Waals surface area contributed by atoms with Crippen molar-refractivity contribution in [2.45, 2.75) is 64.5 Å². The van der Waals surface area contributed by atoms with Crippen LogP contribution in [0.2, 0.25) is 0 Å². The van der Waals surface area contributed by atoms with E-state index in [1.54, 1.807) is 13.8 Å². The first-order chi connectivity index (χ1) is 8.65. The van der Waals surface area contributed by atoms with E-state index in [0.29, 0.717) is 6.61 Å². The highest BCUT2D eigenvalue weighted by atomic mass is 31.2. The predicted octanol–water partition coefficient (Wildman–Crippen LogP) is 0.957. The highest BCUT2D eigenvalue weighted by molar-refractivity contribution is 7.56. The van der Waals surface area contributed by atoms with Gasteiger partial charge in [-0.15, -0.1) is 0 Å². The molecule has 0 radical (unpaired) electrons. The third kappa shape index (κ3) is 4.57. The fourth-order valence-corrected chi connectivity index (χ4v) is 3.24. The first-order valence-corrected chi connectivity index (χ1v) is 8.75. The molecule has 1 aliphatic rings. The van der Waals surface area contributed by atoms with Gasteiger partial charge in [-0.25, -0.2) is 5.09 Å². The lowest BCUT2D eigenvalue weighted by Crippen LogP contribution is -2.42. The van der Waals surface area contributed by atoms with E-state index in [2.05, 4.69) is 5.09 Å². The molecule has 19 heavy (non-hydrogen) atoms. The number of ether oxygens (including phenoxy) is 2. The third-order valence-corrected chi connectivity index (χ3v) is 5.79. The van der Waals surface area contributed by atoms with Crippen molar-refractivity contribution in [3.8, 4) is 0 Å². The highest BCUT2D eigenvalue weighted by Gasteiger charge is 2.43. The van der Waals surface area contributed by atoms with Gasteiger partial charge in [-0.05, 0) is 19.8 Å². The van der Waals surface area contributed by atoms with E-state index in [9.17, 15) is 9.46 Å². The van der Waals surface area contributed by atoms with Gasteiger partial charge in [-0.3, -0.25) is 4.57 Å². The van der Waals surface area contributed by atoms with Gasteiger partial charge in [0.05, 0.1) is 18.8 Å². The zero-order valence-corrected chi connectivity index (χ0v) is 13.7. The lowest BCUT2D eigenvalue weighted by Gasteiger charge is -2.27. The van der Waals surface area contributed by atoms with Gasteiger partial charge in [0.15, 0.2) is 0 Å². The molecular formula is C12H27BNO4P. The fourth-order valence-electron chi connectivity index (χ4n) is 2.11. The monoisotopic (exact) mass is 291 g/mol. The Kier molecular flexibility index (Phi) is 6.08. The van der Waals surface area contributed by atoms with Crippen LogP contribution in [0.1, 0.15) is 34.6 Å². The van der Waals surface area contributed by atoms with Crippen LogP contribution in [0, 0.1) is 5.92 Å². The van der Waals surface area contributed by atoms with Crippen molar-refractivity contribution in [3.05, 3.63) is 0 Å². The first kappa shape index (κ1) is 17.2. The maximum absolute atomic E-state index is 12.2. The minimum atomic E-state index is -3.35. The van der Waals surface area contributed by atoms with Crippen molar-refractivity contribution in [1.82, 2.24) is 5.09 Å². The molecule has 1 saturated heterocycles. The van der Waals surface area contributed by atoms with Crippen LogP contribution in [0.3, 0.4) is 0 Å². The standard InChI is InChI=1S/C12H27BNO4P/c1-7(2)17-6-10-11(9(5)12(13)18-10)14-19(15,16)8(3)4/h7-12H,6,13H2,1-5H3,(H2,14,15,16)/t9-,10+,11?,12+/m0/s1. The SMILES string of the molecule is B[C@@H]1O[C@H](COC(C)C)C(NP(=O)(O)C(C)C)[C@@H]1C. The molecule has 0 aromatic rings. The molecule has 2 N–H and O–H groups in total. The number of hydrogen-bond acceptors (Lipinski definition) is 3. The molecule has 0 saturated carbocycles. The Morgan fingerprint density at radius 1 is 1.42 bits per heavy atom. The average Bonchev–Trinajstić information content (AvgIpc) is 2.53. The van der Waals surface area contributed by atoms with Crippen LogP contribution < -0.4 is 5.09 Å². The molecule has 0 aliphatic carbocycles. The van der Waals surface area contributed by atoms with Gasteiger partial charge in [0.1, 0.15) is 7.85 Å². The van der Waals surface area contributed by atoms with E-state index in [1.165, 1.54) is 0 Å². The average molecular weight is 291 g/mol. The second kappa shape index (κ2) is 6.73. The van der Waals surface area contributed by atoms with Gasteiger partial charge in [0.2, 0.25) is 0 Å². The third-order valence-electron chi connectivity index (χ3n) is 3.72. The molecule has 2 unspecified atom stereocenters. The van der Waals surface area contributed by atoms with E-state index >= 15 is 0 Å². The molecule has 1 rings (SSSR count). The number of rotatable bonds is 6. The molecule has 112 valence electrons. The Balaban J connectivity index is 2.72. The Morgan fingerprint density at radius 3 is 2.47 bits per heavy atom. The molecule has 0 bridgehead atoms. The van der Waals surface area contributed by atoms with E-state index in [0.717, 1.165) is 0 Å². The van der Waals surface area contributed by atoms with Crippen LogP contribution in [-0.4, -0.2) is 49.3 Å². The molecule has 1 heterocycles. The zero-order valence-electron chi connectivity index (χ0n) is 12.8. The summed E-state index contributed by atoms with van der Waals surface area (Å²) < 4.78 is 23.6. The van der Waals surface area contributed by atoms with Crippen LogP contribution in [0.15, 0.2) is 0 Å². The summed E-state index contributed by atoms with van der Waals surface area (Å²) in [6, 6.07) is -0.0857. The lowest BCUT2D eigenvalue weighted by molar-refractivity contribution is -0.0212. The van der Waals surface area contributed by atoms with Crippen molar-refractivity contribution < 1.29 is 18.9 Å². The number of nitrogens with one attached hydrogen (secondary N) is 1. The predicted molar refractivity (Wildman–Crippen MR) is 79.3 cm³/mol. The molecular weight excluding hydrogens is 264 g/mol. The Labute approximate surface area is 117 Å². The summed E-state index contributed by atoms with van der Waals surface area (Å²) in [6.45, 7) is 9.92. The normalized spacial score (nSPS) is 34.9. The van der Waals surface area contributed by atoms with Gasteiger partial charge in [0, 0.05) is 17.7 Å². The summed E-state index contributed by atoms with van der Waals surface area (Å²) >= 11 is 0. The summed E-state index contributed by atoms with van der Waals surface area (Å²) in [7, 11) is -1.36. The van der Waals surface area contributed by atoms with E-state index < -0.39 is 7.52 Å². The zero-order chi connectivity index (χ0) is 14.8. The van der Waals surface area contributed by atoms with Crippen LogP contribution >= 0.6 is 7.52 Å². The summed E-state index contributed by atoms with van der Waals surface area (Å²) in [4.78, 5) is 10.00. The maximum Gasteiger partial charge on any atom is 0.270 e. The van der Waals surface area contributed by atoms with Crippen molar-refractivity contribution >= 4 is 15.4 Å². The van der Waals surface area contributed by atoms with Gasteiger partial charge in [-0.1, -0.05) is 20.8 Å². The van der Waals surface area contributed by atoms with Crippen molar-refractivity contribution in [1.29, 1.82) is 0 Å². The van der Waals surface area contributed by atoms with Crippen LogP contribution in [0.5, 0.6) is 0 Å². The van der Waals surface area contributed by atoms with E-state index in [-0.39, 0.29) is 35.8 Å². The van der Waals surface area contributed by atoms with E-state index in [1.807, 2.05) is 28.6 Å². The summed E-state index contributed by atoms with van der Waals surface area (Å²) in [5, 5.41) is 2.91. The largest absolute Gasteiger partial charge is 0.380 e. The molecule has 0 spiro atoms. The molecule has 0 aromatic heterocycles. The molecule has 1 aliphatic heterocycles. The van der Waals surface area contributed by atoms with Crippen molar-refractivity contribution in [2.75, 3.05) is 6.61 Å². The smallest absolute Gasteiger partial charge is 0.270 e. The van der Waals surface area contributed by atoms with Gasteiger partial charge in [-0.2, -0.15) is 0 Å². The molecule has 5 atom stereocenters. The van der Waals surface area contributed by atoms with Crippen LogP contribution in [0.25, 0.3) is 0 Å². The Hall–Kier alpha value is 0.135. The first-order valence-electron chi connectivity index (χ1n) is 7.02. The van der Waals surface area contributed by atoms with Crippen LogP contribution in [-0.2, 0) is 14.0 Å². The minimum absolute atomic E-state index is 0.0606. The summed E-state index contributed by atoms with van der Waals surface area (Å²) in [5.41, 5.74) is -0.303. The minimum Gasteiger partial charge on any atom is -0.380 e. The van der Waals surface area contributed by atoms with Crippen LogP contribution in [0.4, 0.5) is 0 Å². The quantitative estimate of drug-likeness (QED) is 0.563. The maximum atomic E-state index is 12.2.